The highest BCUT2D eigenvalue weighted by Gasteiger charge is 2.06. The number of aromatic nitrogens is 1. The molecule has 128 valence electrons. The second-order valence-electron chi connectivity index (χ2n) is 5.41. The first-order valence-electron chi connectivity index (χ1n) is 7.78. The molecule has 2 N–H and O–H groups in total. The first-order chi connectivity index (χ1) is 11.6. The van der Waals surface area contributed by atoms with E-state index in [0.29, 0.717) is 24.8 Å². The SMILES string of the molecule is COc1cccc(CC(C)NCCOc2cccc(C(=O)O)c2)n1. The zero-order valence-corrected chi connectivity index (χ0v) is 13.9. The molecular weight excluding hydrogens is 308 g/mol. The van der Waals surface area contributed by atoms with Crippen LogP contribution in [0.2, 0.25) is 0 Å². The highest BCUT2D eigenvalue weighted by atomic mass is 16.5. The van der Waals surface area contributed by atoms with Gasteiger partial charge in [0.15, 0.2) is 0 Å². The van der Waals surface area contributed by atoms with Crippen LogP contribution < -0.4 is 14.8 Å². The molecule has 0 saturated carbocycles. The fraction of sp³-hybridized carbons (Fsp3) is 0.333. The lowest BCUT2D eigenvalue weighted by Gasteiger charge is -2.14. The second kappa shape index (κ2) is 8.88. The van der Waals surface area contributed by atoms with Crippen LogP contribution in [0.15, 0.2) is 42.5 Å². The van der Waals surface area contributed by atoms with E-state index >= 15 is 0 Å². The molecule has 0 radical (unpaired) electrons. The quantitative estimate of drug-likeness (QED) is 0.687. The van der Waals surface area contributed by atoms with E-state index in [0.717, 1.165) is 12.1 Å². The largest absolute Gasteiger partial charge is 0.492 e. The first kappa shape index (κ1) is 17.7. The molecule has 2 aromatic rings. The maximum absolute atomic E-state index is 10.9. The third-order valence-corrected chi connectivity index (χ3v) is 3.45. The van der Waals surface area contributed by atoms with E-state index in [1.54, 1.807) is 19.2 Å². The Bertz CT molecular complexity index is 676. The van der Waals surface area contributed by atoms with Gasteiger partial charge in [-0.15, -0.1) is 0 Å². The first-order valence-corrected chi connectivity index (χ1v) is 7.78. The molecule has 0 saturated heterocycles. The molecular formula is C18H22N2O4. The predicted molar refractivity (Wildman–Crippen MR) is 90.9 cm³/mol. The van der Waals surface area contributed by atoms with E-state index in [4.69, 9.17) is 14.6 Å². The summed E-state index contributed by atoms with van der Waals surface area (Å²) in [6.45, 7) is 3.19. The van der Waals surface area contributed by atoms with Crippen LogP contribution in [0.3, 0.4) is 0 Å². The number of nitrogens with zero attached hydrogens (tertiary/aromatic N) is 1. The number of benzene rings is 1. The van der Waals surface area contributed by atoms with Gasteiger partial charge in [-0.05, 0) is 31.2 Å². The Kier molecular flexibility index (Phi) is 6.57. The van der Waals surface area contributed by atoms with Gasteiger partial charge in [-0.3, -0.25) is 0 Å². The Morgan fingerprint density at radius 1 is 1.29 bits per heavy atom. The number of hydrogen-bond donors (Lipinski definition) is 2. The van der Waals surface area contributed by atoms with Crippen LogP contribution in [-0.2, 0) is 6.42 Å². The Morgan fingerprint density at radius 2 is 2.08 bits per heavy atom. The summed E-state index contributed by atoms with van der Waals surface area (Å²) in [5.41, 5.74) is 1.18. The summed E-state index contributed by atoms with van der Waals surface area (Å²) in [5, 5.41) is 12.3. The summed E-state index contributed by atoms with van der Waals surface area (Å²) in [6.07, 6.45) is 0.783. The Balaban J connectivity index is 1.73. The Labute approximate surface area is 141 Å². The topological polar surface area (TPSA) is 80.7 Å². The molecule has 1 aromatic heterocycles. The molecule has 0 aliphatic heterocycles. The van der Waals surface area contributed by atoms with Gasteiger partial charge in [-0.25, -0.2) is 9.78 Å². The van der Waals surface area contributed by atoms with E-state index in [9.17, 15) is 4.79 Å². The number of hydrogen-bond acceptors (Lipinski definition) is 5. The van der Waals surface area contributed by atoms with Crippen molar-refractivity contribution in [2.75, 3.05) is 20.3 Å². The lowest BCUT2D eigenvalue weighted by atomic mass is 10.1. The lowest BCUT2D eigenvalue weighted by Crippen LogP contribution is -2.32. The van der Waals surface area contributed by atoms with Gasteiger partial charge < -0.3 is 19.9 Å². The van der Waals surface area contributed by atoms with Crippen LogP contribution in [-0.4, -0.2) is 42.4 Å². The maximum Gasteiger partial charge on any atom is 0.335 e. The summed E-state index contributed by atoms with van der Waals surface area (Å²) >= 11 is 0. The van der Waals surface area contributed by atoms with Gasteiger partial charge in [-0.2, -0.15) is 0 Å². The van der Waals surface area contributed by atoms with Crippen LogP contribution >= 0.6 is 0 Å². The van der Waals surface area contributed by atoms with Crippen molar-refractivity contribution in [1.82, 2.24) is 10.3 Å². The van der Waals surface area contributed by atoms with Crippen molar-refractivity contribution in [2.45, 2.75) is 19.4 Å². The van der Waals surface area contributed by atoms with Gasteiger partial charge in [0.2, 0.25) is 5.88 Å². The normalized spacial score (nSPS) is 11.8. The predicted octanol–water partition coefficient (Wildman–Crippen LogP) is 2.39. The van der Waals surface area contributed by atoms with Gasteiger partial charge in [0, 0.05) is 30.8 Å². The Hall–Kier alpha value is -2.60. The average Bonchev–Trinajstić information content (AvgIpc) is 2.59. The van der Waals surface area contributed by atoms with Crippen molar-refractivity contribution >= 4 is 5.97 Å². The monoisotopic (exact) mass is 330 g/mol. The van der Waals surface area contributed by atoms with Gasteiger partial charge in [0.25, 0.3) is 0 Å². The van der Waals surface area contributed by atoms with E-state index < -0.39 is 5.97 Å². The van der Waals surface area contributed by atoms with Crippen molar-refractivity contribution in [3.8, 4) is 11.6 Å². The second-order valence-corrected chi connectivity index (χ2v) is 5.41. The summed E-state index contributed by atoms with van der Waals surface area (Å²) in [6, 6.07) is 12.4. The fourth-order valence-electron chi connectivity index (χ4n) is 2.26. The van der Waals surface area contributed by atoms with Crippen molar-refractivity contribution in [1.29, 1.82) is 0 Å². The number of rotatable bonds is 9. The third-order valence-electron chi connectivity index (χ3n) is 3.45. The van der Waals surface area contributed by atoms with Crippen LogP contribution in [0.25, 0.3) is 0 Å². The average molecular weight is 330 g/mol. The van der Waals surface area contributed by atoms with Gasteiger partial charge in [0.05, 0.1) is 12.7 Å². The zero-order valence-electron chi connectivity index (χ0n) is 13.9. The fourth-order valence-corrected chi connectivity index (χ4v) is 2.26. The molecule has 6 heteroatoms. The molecule has 24 heavy (non-hydrogen) atoms. The summed E-state index contributed by atoms with van der Waals surface area (Å²) in [5.74, 6) is 0.207. The van der Waals surface area contributed by atoms with Crippen LogP contribution in [0.4, 0.5) is 0 Å². The minimum Gasteiger partial charge on any atom is -0.492 e. The van der Waals surface area contributed by atoms with Crippen molar-refractivity contribution < 1.29 is 19.4 Å². The molecule has 0 spiro atoms. The molecule has 1 heterocycles. The summed E-state index contributed by atoms with van der Waals surface area (Å²) < 4.78 is 10.7. The zero-order chi connectivity index (χ0) is 17.4. The standard InChI is InChI=1S/C18H22N2O4/c1-13(11-15-6-4-8-17(20-15)23-2)19-9-10-24-16-7-3-5-14(12-16)18(21)22/h3-8,12-13,19H,9-11H2,1-2H3,(H,21,22). The molecule has 0 bridgehead atoms. The molecule has 0 aliphatic rings. The molecule has 1 unspecified atom stereocenters. The molecule has 2 rings (SSSR count). The minimum absolute atomic E-state index is 0.220. The van der Waals surface area contributed by atoms with Crippen LogP contribution in [0.5, 0.6) is 11.6 Å². The molecule has 0 fully saturated rings. The van der Waals surface area contributed by atoms with E-state index in [-0.39, 0.29) is 11.6 Å². The number of carbonyl (C=O) groups is 1. The summed E-state index contributed by atoms with van der Waals surface area (Å²) in [7, 11) is 1.60. The molecule has 0 aliphatic carbocycles. The molecule has 0 amide bonds. The summed E-state index contributed by atoms with van der Waals surface area (Å²) in [4.78, 5) is 15.3. The van der Waals surface area contributed by atoms with E-state index in [1.807, 2.05) is 18.2 Å². The number of methoxy groups -OCH3 is 1. The third kappa shape index (κ3) is 5.55. The van der Waals surface area contributed by atoms with E-state index in [2.05, 4.69) is 17.2 Å². The molecule has 1 aromatic carbocycles. The highest BCUT2D eigenvalue weighted by Crippen LogP contribution is 2.13. The number of ether oxygens (including phenoxy) is 2. The Morgan fingerprint density at radius 3 is 2.83 bits per heavy atom. The number of pyridine rings is 1. The maximum atomic E-state index is 10.9. The van der Waals surface area contributed by atoms with E-state index in [1.165, 1.54) is 12.1 Å². The van der Waals surface area contributed by atoms with Crippen molar-refractivity contribution in [3.63, 3.8) is 0 Å². The molecule has 1 atom stereocenters. The van der Waals surface area contributed by atoms with Crippen molar-refractivity contribution in [3.05, 3.63) is 53.7 Å². The van der Waals surface area contributed by atoms with Crippen LogP contribution in [0.1, 0.15) is 23.0 Å². The number of nitrogens with one attached hydrogen (secondary N) is 1. The molecule has 6 nitrogen and oxygen atoms in total. The highest BCUT2D eigenvalue weighted by molar-refractivity contribution is 5.87. The van der Waals surface area contributed by atoms with Gasteiger partial charge in [0.1, 0.15) is 12.4 Å². The number of aromatic carboxylic acids is 1. The lowest BCUT2D eigenvalue weighted by molar-refractivity contribution is 0.0696. The smallest absolute Gasteiger partial charge is 0.335 e. The van der Waals surface area contributed by atoms with Gasteiger partial charge >= 0.3 is 5.97 Å². The van der Waals surface area contributed by atoms with Crippen LogP contribution in [0, 0.1) is 0 Å². The van der Waals surface area contributed by atoms with Crippen molar-refractivity contribution in [2.24, 2.45) is 0 Å². The number of carboxylic acid groups (broad SMARTS) is 1. The number of carboxylic acids is 1. The minimum atomic E-state index is -0.960. The van der Waals surface area contributed by atoms with Gasteiger partial charge in [-0.1, -0.05) is 12.1 Å².